The third-order valence-corrected chi connectivity index (χ3v) is 7.69. The monoisotopic (exact) mass is 434 g/mol. The molecule has 0 saturated carbocycles. The van der Waals surface area contributed by atoms with E-state index in [4.69, 9.17) is 18.8 Å². The van der Waals surface area contributed by atoms with Crippen molar-refractivity contribution in [3.63, 3.8) is 0 Å². The van der Waals surface area contributed by atoms with Crippen molar-refractivity contribution >= 4 is 21.5 Å². The van der Waals surface area contributed by atoms with Crippen LogP contribution in [-0.2, 0) is 25.7 Å². The average Bonchev–Trinajstić information content (AvgIpc) is 2.97. The summed E-state index contributed by atoms with van der Waals surface area (Å²) in [5.41, 5.74) is -0.0172. The number of fused-ring (bicyclic) bond motifs is 1. The van der Waals surface area contributed by atoms with Crippen molar-refractivity contribution < 1.29 is 27.2 Å². The Balaban J connectivity index is 2.02. The molecule has 28 heavy (non-hydrogen) atoms. The molecule has 1 N–H and O–H groups in total. The van der Waals surface area contributed by atoms with Crippen molar-refractivity contribution in [2.75, 3.05) is 25.6 Å². The fourth-order valence-corrected chi connectivity index (χ4v) is 4.88. The van der Waals surface area contributed by atoms with Gasteiger partial charge in [0.1, 0.15) is 6.61 Å². The molecule has 2 rings (SSSR count). The van der Waals surface area contributed by atoms with Gasteiger partial charge in [-0.05, 0) is 19.3 Å². The molecular formula is C20H34O6S2. The van der Waals surface area contributed by atoms with E-state index in [9.17, 15) is 8.42 Å². The standard InChI is InChI=1S/C20H34O6S2/c1-7-20(5,6)18-15-16(17(27-18)19(2,3)4)26-14(13-25-15)12-24-10-8-9-11-28(21,22)23/h14H,7-13H2,1-6H3,(H,21,22,23). The summed E-state index contributed by atoms with van der Waals surface area (Å²) in [7, 11) is -3.90. The Morgan fingerprint density at radius 3 is 2.39 bits per heavy atom. The Bertz CT molecular complexity index is 758. The molecule has 2 heterocycles. The number of ether oxygens (including phenoxy) is 3. The first kappa shape index (κ1) is 23.4. The highest BCUT2D eigenvalue weighted by atomic mass is 32.2. The molecule has 0 aliphatic carbocycles. The van der Waals surface area contributed by atoms with E-state index in [1.165, 1.54) is 9.75 Å². The van der Waals surface area contributed by atoms with Gasteiger partial charge in [-0.25, -0.2) is 0 Å². The van der Waals surface area contributed by atoms with E-state index in [0.29, 0.717) is 32.7 Å². The first-order chi connectivity index (χ1) is 12.8. The van der Waals surface area contributed by atoms with Crippen molar-refractivity contribution in [3.8, 4) is 11.5 Å². The van der Waals surface area contributed by atoms with Crippen LogP contribution in [-0.4, -0.2) is 44.6 Å². The fourth-order valence-electron chi connectivity index (χ4n) is 2.90. The third kappa shape index (κ3) is 6.08. The molecule has 6 nitrogen and oxygen atoms in total. The van der Waals surface area contributed by atoms with Crippen LogP contribution in [0.25, 0.3) is 0 Å². The van der Waals surface area contributed by atoms with Crippen LogP contribution in [0.4, 0.5) is 0 Å². The number of rotatable bonds is 9. The van der Waals surface area contributed by atoms with Crippen molar-refractivity contribution in [3.05, 3.63) is 9.75 Å². The zero-order valence-electron chi connectivity index (χ0n) is 17.8. The lowest BCUT2D eigenvalue weighted by atomic mass is 9.87. The summed E-state index contributed by atoms with van der Waals surface area (Å²) in [6.07, 6.45) is 1.77. The molecular weight excluding hydrogens is 400 g/mol. The van der Waals surface area contributed by atoms with E-state index in [1.807, 2.05) is 0 Å². The highest BCUT2D eigenvalue weighted by molar-refractivity contribution is 7.85. The van der Waals surface area contributed by atoms with E-state index in [1.54, 1.807) is 11.3 Å². The zero-order valence-corrected chi connectivity index (χ0v) is 19.5. The second-order valence-electron chi connectivity index (χ2n) is 9.02. The summed E-state index contributed by atoms with van der Waals surface area (Å²) in [4.78, 5) is 2.43. The predicted octanol–water partition coefficient (Wildman–Crippen LogP) is 4.56. The van der Waals surface area contributed by atoms with Crippen LogP contribution in [0.5, 0.6) is 11.5 Å². The fraction of sp³-hybridized carbons (Fsp3) is 0.800. The van der Waals surface area contributed by atoms with Crippen LogP contribution in [0, 0.1) is 0 Å². The predicted molar refractivity (Wildman–Crippen MR) is 113 cm³/mol. The zero-order chi connectivity index (χ0) is 21.2. The second-order valence-corrected chi connectivity index (χ2v) is 11.6. The van der Waals surface area contributed by atoms with Crippen molar-refractivity contribution in [2.45, 2.75) is 77.7 Å². The number of hydrogen-bond donors (Lipinski definition) is 1. The van der Waals surface area contributed by atoms with Gasteiger partial charge in [0.05, 0.1) is 22.1 Å². The molecule has 1 aromatic heterocycles. The maximum atomic E-state index is 10.7. The molecule has 1 aliphatic heterocycles. The van der Waals surface area contributed by atoms with Crippen LogP contribution in [0.3, 0.4) is 0 Å². The van der Waals surface area contributed by atoms with Gasteiger partial charge < -0.3 is 14.2 Å². The number of thiophene rings is 1. The Morgan fingerprint density at radius 1 is 1.14 bits per heavy atom. The summed E-state index contributed by atoms with van der Waals surface area (Å²) in [6.45, 7) is 14.4. The van der Waals surface area contributed by atoms with Crippen molar-refractivity contribution in [2.24, 2.45) is 0 Å². The molecule has 0 spiro atoms. The van der Waals surface area contributed by atoms with Crippen molar-refractivity contribution in [1.29, 1.82) is 0 Å². The van der Waals surface area contributed by atoms with Gasteiger partial charge in [0.25, 0.3) is 10.1 Å². The highest BCUT2D eigenvalue weighted by Crippen LogP contribution is 2.53. The first-order valence-electron chi connectivity index (χ1n) is 9.85. The van der Waals surface area contributed by atoms with E-state index < -0.39 is 10.1 Å². The summed E-state index contributed by atoms with van der Waals surface area (Å²) in [5.74, 6) is 1.49. The van der Waals surface area contributed by atoms with Gasteiger partial charge in [0.15, 0.2) is 17.6 Å². The highest BCUT2D eigenvalue weighted by Gasteiger charge is 2.38. The van der Waals surface area contributed by atoms with E-state index in [2.05, 4.69) is 41.5 Å². The summed E-state index contributed by atoms with van der Waals surface area (Å²) >= 11 is 1.78. The normalized spacial score (nSPS) is 17.8. The Hall–Kier alpha value is -0.830. The second kappa shape index (κ2) is 8.90. The van der Waals surface area contributed by atoms with Gasteiger partial charge in [-0.3, -0.25) is 4.55 Å². The summed E-state index contributed by atoms with van der Waals surface area (Å²) in [5, 5.41) is 0. The minimum atomic E-state index is -3.90. The van der Waals surface area contributed by atoms with Crippen molar-refractivity contribution in [1.82, 2.24) is 0 Å². The largest absolute Gasteiger partial charge is 0.485 e. The lowest BCUT2D eigenvalue weighted by molar-refractivity contribution is 0.00712. The van der Waals surface area contributed by atoms with Crippen LogP contribution >= 0.6 is 11.3 Å². The third-order valence-electron chi connectivity index (χ3n) is 4.95. The van der Waals surface area contributed by atoms with Gasteiger partial charge in [-0.1, -0.05) is 41.5 Å². The van der Waals surface area contributed by atoms with Crippen LogP contribution in [0.15, 0.2) is 0 Å². The van der Waals surface area contributed by atoms with Crippen LogP contribution in [0.1, 0.15) is 70.6 Å². The Labute approximate surface area is 173 Å². The lowest BCUT2D eigenvalue weighted by Crippen LogP contribution is -2.34. The van der Waals surface area contributed by atoms with E-state index in [-0.39, 0.29) is 22.7 Å². The molecule has 0 bridgehead atoms. The lowest BCUT2D eigenvalue weighted by Gasteiger charge is -2.29. The topological polar surface area (TPSA) is 82.1 Å². The summed E-state index contributed by atoms with van der Waals surface area (Å²) in [6, 6.07) is 0. The molecule has 8 heteroatoms. The van der Waals surface area contributed by atoms with Crippen LogP contribution in [0.2, 0.25) is 0 Å². The molecule has 0 radical (unpaired) electrons. The molecule has 0 fully saturated rings. The SMILES string of the molecule is CCC(C)(C)c1sc(C(C)(C)C)c2c1OCC(COCCCCS(=O)(=O)O)O2. The molecule has 162 valence electrons. The average molecular weight is 435 g/mol. The molecule has 0 aromatic carbocycles. The van der Waals surface area contributed by atoms with Gasteiger partial charge in [0.2, 0.25) is 0 Å². The Kier molecular flexibility index (Phi) is 7.45. The minimum absolute atomic E-state index is 0.0258. The Morgan fingerprint density at radius 2 is 1.82 bits per heavy atom. The van der Waals surface area contributed by atoms with E-state index >= 15 is 0 Å². The van der Waals surface area contributed by atoms with E-state index in [0.717, 1.165) is 17.9 Å². The smallest absolute Gasteiger partial charge is 0.264 e. The molecule has 1 unspecified atom stereocenters. The summed E-state index contributed by atoms with van der Waals surface area (Å²) < 4.78 is 48.3. The first-order valence-corrected chi connectivity index (χ1v) is 12.3. The minimum Gasteiger partial charge on any atom is -0.485 e. The molecule has 1 aliphatic rings. The molecule has 0 amide bonds. The van der Waals surface area contributed by atoms with Gasteiger partial charge in [0, 0.05) is 17.4 Å². The molecule has 0 saturated heterocycles. The van der Waals surface area contributed by atoms with Crippen LogP contribution < -0.4 is 9.47 Å². The van der Waals surface area contributed by atoms with Gasteiger partial charge in [-0.15, -0.1) is 11.3 Å². The maximum Gasteiger partial charge on any atom is 0.264 e. The van der Waals surface area contributed by atoms with Gasteiger partial charge >= 0.3 is 0 Å². The quantitative estimate of drug-likeness (QED) is 0.453. The van der Waals surface area contributed by atoms with Gasteiger partial charge in [-0.2, -0.15) is 8.42 Å². The maximum absolute atomic E-state index is 10.7. The number of unbranched alkanes of at least 4 members (excludes halogenated alkanes) is 1. The number of hydrogen-bond acceptors (Lipinski definition) is 6. The molecule has 1 aromatic rings. The molecule has 1 atom stereocenters.